The van der Waals surface area contributed by atoms with Crippen molar-refractivity contribution in [2.45, 2.75) is 11.0 Å². The summed E-state index contributed by atoms with van der Waals surface area (Å²) in [6.07, 6.45) is 2.94. The number of fused-ring (bicyclic) bond motifs is 1. The molecule has 2 N–H and O–H groups in total. The third-order valence-electron chi connectivity index (χ3n) is 4.71. The summed E-state index contributed by atoms with van der Waals surface area (Å²) in [5.41, 5.74) is 2.22. The number of aliphatic hydroxyl groups is 1. The first-order valence-electron chi connectivity index (χ1n) is 9.40. The number of pyridine rings is 1. The van der Waals surface area contributed by atoms with E-state index in [1.165, 1.54) is 0 Å². The highest BCUT2D eigenvalue weighted by Gasteiger charge is 2.11. The van der Waals surface area contributed by atoms with E-state index in [0.717, 1.165) is 31.4 Å². The van der Waals surface area contributed by atoms with Gasteiger partial charge in [-0.1, -0.05) is 40.2 Å². The van der Waals surface area contributed by atoms with E-state index < -0.39 is 6.10 Å². The lowest BCUT2D eigenvalue weighted by Gasteiger charge is -2.11. The van der Waals surface area contributed by atoms with Crippen LogP contribution in [0.3, 0.4) is 0 Å². The fraction of sp³-hybridized carbons (Fsp3) is 0.0833. The first-order chi connectivity index (χ1) is 14.6. The summed E-state index contributed by atoms with van der Waals surface area (Å²) in [7, 11) is 0. The molecule has 3 aromatic carbocycles. The number of thioether (sulfide) groups is 1. The number of aromatic nitrogens is 1. The molecule has 0 radical (unpaired) electrons. The van der Waals surface area contributed by atoms with Crippen molar-refractivity contribution in [3.8, 4) is 0 Å². The second kappa shape index (κ2) is 9.43. The van der Waals surface area contributed by atoms with Crippen molar-refractivity contribution in [1.82, 2.24) is 4.98 Å². The maximum absolute atomic E-state index is 12.7. The first kappa shape index (κ1) is 20.6. The van der Waals surface area contributed by atoms with Gasteiger partial charge in [-0.3, -0.25) is 9.78 Å². The number of rotatable bonds is 6. The monoisotopic (exact) mass is 478 g/mol. The van der Waals surface area contributed by atoms with Crippen molar-refractivity contribution in [3.05, 3.63) is 101 Å². The van der Waals surface area contributed by atoms with Crippen LogP contribution in [0, 0.1) is 0 Å². The number of hydrogen-bond acceptors (Lipinski definition) is 4. The third-order valence-corrected chi connectivity index (χ3v) is 6.32. The van der Waals surface area contributed by atoms with Gasteiger partial charge in [0, 0.05) is 49.5 Å². The van der Waals surface area contributed by atoms with Crippen molar-refractivity contribution < 1.29 is 9.90 Å². The second-order valence-electron chi connectivity index (χ2n) is 6.76. The van der Waals surface area contributed by atoms with E-state index in [1.807, 2.05) is 60.7 Å². The summed E-state index contributed by atoms with van der Waals surface area (Å²) < 4.78 is 0.986. The Kier molecular flexibility index (Phi) is 6.47. The molecule has 0 fully saturated rings. The first-order valence-corrected chi connectivity index (χ1v) is 11.2. The number of amides is 1. The zero-order valence-corrected chi connectivity index (χ0v) is 18.4. The molecule has 0 bridgehead atoms. The number of anilines is 1. The molecule has 1 atom stereocenters. The van der Waals surface area contributed by atoms with Crippen molar-refractivity contribution >= 4 is 50.1 Å². The minimum atomic E-state index is -0.549. The third kappa shape index (κ3) is 4.90. The molecule has 0 aliphatic heterocycles. The number of halogens is 1. The van der Waals surface area contributed by atoms with Crippen LogP contribution in [0.25, 0.3) is 10.8 Å². The van der Waals surface area contributed by atoms with Crippen LogP contribution in [-0.4, -0.2) is 21.8 Å². The molecule has 1 unspecified atom stereocenters. The van der Waals surface area contributed by atoms with Gasteiger partial charge in [-0.05, 0) is 54.1 Å². The summed E-state index contributed by atoms with van der Waals surface area (Å²) >= 11 is 4.95. The molecule has 4 rings (SSSR count). The second-order valence-corrected chi connectivity index (χ2v) is 8.77. The Morgan fingerprint density at radius 1 is 1.03 bits per heavy atom. The van der Waals surface area contributed by atoms with Crippen LogP contribution in [0.5, 0.6) is 0 Å². The quantitative estimate of drug-likeness (QED) is 0.329. The number of nitrogens with zero attached hydrogens (tertiary/aromatic N) is 1. The maximum atomic E-state index is 12.7. The molecule has 4 nitrogen and oxygen atoms in total. The van der Waals surface area contributed by atoms with Crippen LogP contribution in [0.2, 0.25) is 0 Å². The van der Waals surface area contributed by atoms with Crippen LogP contribution in [-0.2, 0) is 0 Å². The topological polar surface area (TPSA) is 62.2 Å². The minimum absolute atomic E-state index is 0.161. The number of aliphatic hydroxyl groups excluding tert-OH is 1. The Balaban J connectivity index is 1.39. The van der Waals surface area contributed by atoms with Gasteiger partial charge in [0.15, 0.2) is 0 Å². The van der Waals surface area contributed by atoms with Crippen LogP contribution >= 0.6 is 27.7 Å². The lowest BCUT2D eigenvalue weighted by atomic mass is 10.1. The van der Waals surface area contributed by atoms with E-state index in [-0.39, 0.29) is 5.91 Å². The van der Waals surface area contributed by atoms with Gasteiger partial charge in [0.1, 0.15) is 0 Å². The lowest BCUT2D eigenvalue weighted by molar-refractivity contribution is 0.102. The highest BCUT2D eigenvalue weighted by Crippen LogP contribution is 2.27. The molecule has 0 aliphatic carbocycles. The zero-order chi connectivity index (χ0) is 20.9. The van der Waals surface area contributed by atoms with Crippen LogP contribution in [0.15, 0.2) is 94.6 Å². The van der Waals surface area contributed by atoms with Gasteiger partial charge in [-0.2, -0.15) is 0 Å². The molecule has 0 aliphatic rings. The Hall–Kier alpha value is -2.67. The smallest absolute Gasteiger partial charge is 0.255 e. The summed E-state index contributed by atoms with van der Waals surface area (Å²) in [4.78, 5) is 17.8. The number of carbonyl (C=O) groups is 1. The van der Waals surface area contributed by atoms with Crippen LogP contribution < -0.4 is 5.32 Å². The summed E-state index contributed by atoms with van der Waals surface area (Å²) in [5, 5.41) is 15.3. The SMILES string of the molecule is O=C(Nc1cccc2cnccc12)c1ccc(SCC(O)c2ccc(Br)cc2)cc1. The highest BCUT2D eigenvalue weighted by molar-refractivity contribution is 9.10. The molecule has 4 aromatic rings. The van der Waals surface area contributed by atoms with Gasteiger partial charge in [0.05, 0.1) is 6.10 Å². The van der Waals surface area contributed by atoms with Gasteiger partial charge in [0.25, 0.3) is 5.91 Å². The van der Waals surface area contributed by atoms with E-state index in [9.17, 15) is 9.90 Å². The Morgan fingerprint density at radius 3 is 2.57 bits per heavy atom. The molecule has 1 heterocycles. The van der Waals surface area contributed by atoms with Crippen LogP contribution in [0.1, 0.15) is 22.0 Å². The summed E-state index contributed by atoms with van der Waals surface area (Å²) in [5.74, 6) is 0.378. The highest BCUT2D eigenvalue weighted by atomic mass is 79.9. The number of carbonyl (C=O) groups excluding carboxylic acids is 1. The number of hydrogen-bond donors (Lipinski definition) is 2. The molecular formula is C24H19BrN2O2S. The zero-order valence-electron chi connectivity index (χ0n) is 16.0. The van der Waals surface area contributed by atoms with Gasteiger partial charge >= 0.3 is 0 Å². The van der Waals surface area contributed by atoms with Gasteiger partial charge < -0.3 is 10.4 Å². The molecule has 30 heavy (non-hydrogen) atoms. The lowest BCUT2D eigenvalue weighted by Crippen LogP contribution is -2.12. The Morgan fingerprint density at radius 2 is 1.80 bits per heavy atom. The van der Waals surface area contributed by atoms with Crippen LogP contribution in [0.4, 0.5) is 5.69 Å². The predicted molar refractivity (Wildman–Crippen MR) is 126 cm³/mol. The van der Waals surface area contributed by atoms with E-state index in [2.05, 4.69) is 26.2 Å². The predicted octanol–water partition coefficient (Wildman–Crippen LogP) is 6.08. The van der Waals surface area contributed by atoms with E-state index in [0.29, 0.717) is 11.3 Å². The van der Waals surface area contributed by atoms with E-state index in [4.69, 9.17) is 0 Å². The molecule has 0 saturated carbocycles. The molecular weight excluding hydrogens is 460 g/mol. The molecule has 6 heteroatoms. The Bertz CT molecular complexity index is 1160. The average Bonchev–Trinajstić information content (AvgIpc) is 2.78. The largest absolute Gasteiger partial charge is 0.388 e. The van der Waals surface area contributed by atoms with Crippen molar-refractivity contribution in [2.75, 3.05) is 11.1 Å². The average molecular weight is 479 g/mol. The Labute approximate surface area is 187 Å². The molecule has 1 aromatic heterocycles. The fourth-order valence-corrected chi connectivity index (χ4v) is 4.22. The number of benzene rings is 3. The van der Waals surface area contributed by atoms with Gasteiger partial charge in [-0.15, -0.1) is 11.8 Å². The molecule has 0 spiro atoms. The standard InChI is InChI=1S/C24H19BrN2O2S/c25-19-8-4-16(5-9-19)23(28)15-30-20-10-6-17(7-11-20)24(29)27-22-3-1-2-18-14-26-13-12-21(18)22/h1-14,23,28H,15H2,(H,27,29). The van der Waals surface area contributed by atoms with E-state index in [1.54, 1.807) is 36.3 Å². The molecule has 1 amide bonds. The van der Waals surface area contributed by atoms with E-state index >= 15 is 0 Å². The summed E-state index contributed by atoms with van der Waals surface area (Å²) in [6.45, 7) is 0. The molecule has 0 saturated heterocycles. The van der Waals surface area contributed by atoms with Crippen molar-refractivity contribution in [1.29, 1.82) is 0 Å². The van der Waals surface area contributed by atoms with Crippen molar-refractivity contribution in [2.24, 2.45) is 0 Å². The normalized spacial score (nSPS) is 11.9. The maximum Gasteiger partial charge on any atom is 0.255 e. The number of nitrogens with one attached hydrogen (secondary N) is 1. The molecule has 150 valence electrons. The summed E-state index contributed by atoms with van der Waals surface area (Å²) in [6, 6.07) is 22.7. The van der Waals surface area contributed by atoms with Gasteiger partial charge in [-0.25, -0.2) is 0 Å². The fourth-order valence-electron chi connectivity index (χ4n) is 3.08. The van der Waals surface area contributed by atoms with Gasteiger partial charge in [0.2, 0.25) is 0 Å². The minimum Gasteiger partial charge on any atom is -0.388 e. The van der Waals surface area contributed by atoms with Crippen molar-refractivity contribution in [3.63, 3.8) is 0 Å².